The Morgan fingerprint density at radius 1 is 1.19 bits per heavy atom. The van der Waals surface area contributed by atoms with Crippen LogP contribution >= 0.6 is 23.4 Å². The summed E-state index contributed by atoms with van der Waals surface area (Å²) in [4.78, 5) is 19.5. The van der Waals surface area contributed by atoms with Crippen LogP contribution in [0.4, 0.5) is 0 Å². The Hall–Kier alpha value is -2.28. The third-order valence-electron chi connectivity index (χ3n) is 7.24. The molecule has 36 heavy (non-hydrogen) atoms. The fraction of sp³-hybridized carbons (Fsp3) is 0.448. The van der Waals surface area contributed by atoms with E-state index in [0.29, 0.717) is 11.8 Å². The average molecular weight is 527 g/mol. The first-order valence-electron chi connectivity index (χ1n) is 12.8. The minimum absolute atomic E-state index is 0.251. The second kappa shape index (κ2) is 13.3. The Morgan fingerprint density at radius 2 is 2.08 bits per heavy atom. The van der Waals surface area contributed by atoms with E-state index in [1.54, 1.807) is 7.11 Å². The quantitative estimate of drug-likeness (QED) is 0.261. The van der Waals surface area contributed by atoms with E-state index in [9.17, 15) is 9.90 Å². The van der Waals surface area contributed by atoms with E-state index in [-0.39, 0.29) is 6.42 Å². The Morgan fingerprint density at radius 3 is 2.89 bits per heavy atom. The van der Waals surface area contributed by atoms with Gasteiger partial charge in [0.1, 0.15) is 5.75 Å². The monoisotopic (exact) mass is 526 g/mol. The summed E-state index contributed by atoms with van der Waals surface area (Å²) in [6.45, 7) is 3.08. The number of piperidine rings is 1. The first-order chi connectivity index (χ1) is 17.5. The Kier molecular flexibility index (Phi) is 9.90. The van der Waals surface area contributed by atoms with Gasteiger partial charge in [0, 0.05) is 46.8 Å². The molecule has 2 heterocycles. The number of aryl methyl sites for hydroxylation is 1. The van der Waals surface area contributed by atoms with E-state index in [1.807, 2.05) is 48.3 Å². The van der Waals surface area contributed by atoms with Crippen molar-refractivity contribution in [2.45, 2.75) is 43.4 Å². The van der Waals surface area contributed by atoms with Crippen molar-refractivity contribution in [1.29, 1.82) is 0 Å². The minimum atomic E-state index is -0.695. The van der Waals surface area contributed by atoms with Crippen molar-refractivity contribution < 1.29 is 14.6 Å². The number of aliphatic carboxylic acids is 1. The number of carboxylic acid groups (broad SMARTS) is 1. The molecule has 7 heteroatoms. The Balaban J connectivity index is 1.31. The molecule has 2 unspecified atom stereocenters. The largest absolute Gasteiger partial charge is 0.497 e. The van der Waals surface area contributed by atoms with Crippen LogP contribution in [-0.4, -0.2) is 53.5 Å². The van der Waals surface area contributed by atoms with Gasteiger partial charge in [0.15, 0.2) is 0 Å². The van der Waals surface area contributed by atoms with E-state index in [2.05, 4.69) is 28.1 Å². The molecule has 1 aliphatic rings. The molecule has 192 valence electrons. The van der Waals surface area contributed by atoms with Crippen LogP contribution in [0.25, 0.3) is 10.9 Å². The van der Waals surface area contributed by atoms with Gasteiger partial charge in [-0.15, -0.1) is 11.8 Å². The van der Waals surface area contributed by atoms with E-state index in [0.717, 1.165) is 79.2 Å². The van der Waals surface area contributed by atoms with E-state index >= 15 is 0 Å². The van der Waals surface area contributed by atoms with Crippen LogP contribution in [0.5, 0.6) is 5.75 Å². The zero-order valence-electron chi connectivity index (χ0n) is 20.9. The van der Waals surface area contributed by atoms with Crippen LogP contribution in [0.1, 0.15) is 37.7 Å². The van der Waals surface area contributed by atoms with Gasteiger partial charge < -0.3 is 14.7 Å². The number of fused-ring (bicyclic) bond motifs is 1. The smallest absolute Gasteiger partial charge is 0.303 e. The molecule has 5 nitrogen and oxygen atoms in total. The molecule has 0 saturated carbocycles. The summed E-state index contributed by atoms with van der Waals surface area (Å²) < 4.78 is 5.42. The van der Waals surface area contributed by atoms with Crippen molar-refractivity contribution in [2.75, 3.05) is 32.5 Å². The maximum Gasteiger partial charge on any atom is 0.303 e. The van der Waals surface area contributed by atoms with Crippen LogP contribution in [0, 0.1) is 11.8 Å². The number of rotatable bonds is 12. The van der Waals surface area contributed by atoms with Crippen LogP contribution in [0.15, 0.2) is 59.6 Å². The standard InChI is InChI=1S/C29H35ClN2O3S/c1-35-25-9-10-28-27(19-25)22(12-14-31-28)5-2-4-21-13-15-32(20-23(21)8-11-29(33)34)16-17-36-26-7-3-6-24(30)18-26/h3,6-7,9-10,12,14,18-19,21,23H,2,4-5,8,11,13,15-17,20H2,1H3,(H,33,34). The molecule has 1 aliphatic heterocycles. The second-order valence-corrected chi connectivity index (χ2v) is 11.2. The Labute approximate surface area is 223 Å². The first kappa shape index (κ1) is 26.8. The van der Waals surface area contributed by atoms with Gasteiger partial charge in [0.05, 0.1) is 12.6 Å². The number of hydrogen-bond acceptors (Lipinski definition) is 5. The molecule has 1 N–H and O–H groups in total. The predicted molar refractivity (Wildman–Crippen MR) is 148 cm³/mol. The number of halogens is 1. The minimum Gasteiger partial charge on any atom is -0.497 e. The SMILES string of the molecule is COc1ccc2nccc(CCCC3CCN(CCSc4cccc(Cl)c4)CC3CCC(=O)O)c2c1. The molecule has 0 radical (unpaired) electrons. The lowest BCUT2D eigenvalue weighted by Gasteiger charge is -2.39. The van der Waals surface area contributed by atoms with Gasteiger partial charge in [-0.25, -0.2) is 0 Å². The maximum absolute atomic E-state index is 11.3. The van der Waals surface area contributed by atoms with Crippen LogP contribution in [-0.2, 0) is 11.2 Å². The first-order valence-corrected chi connectivity index (χ1v) is 14.1. The van der Waals surface area contributed by atoms with Crippen molar-refractivity contribution in [1.82, 2.24) is 9.88 Å². The summed E-state index contributed by atoms with van der Waals surface area (Å²) in [5.41, 5.74) is 2.30. The fourth-order valence-electron chi connectivity index (χ4n) is 5.31. The molecule has 0 bridgehead atoms. The lowest BCUT2D eigenvalue weighted by Crippen LogP contribution is -2.41. The summed E-state index contributed by atoms with van der Waals surface area (Å²) in [6, 6.07) is 16.2. The lowest BCUT2D eigenvalue weighted by atomic mass is 9.79. The zero-order valence-corrected chi connectivity index (χ0v) is 22.4. The van der Waals surface area contributed by atoms with Gasteiger partial charge in [-0.05, 0) is 98.5 Å². The van der Waals surface area contributed by atoms with Gasteiger partial charge in [-0.1, -0.05) is 17.7 Å². The van der Waals surface area contributed by atoms with Gasteiger partial charge in [-0.3, -0.25) is 9.78 Å². The molecule has 1 fully saturated rings. The number of ether oxygens (including phenoxy) is 1. The predicted octanol–water partition coefficient (Wildman–Crippen LogP) is 6.81. The number of carbonyl (C=O) groups is 1. The van der Waals surface area contributed by atoms with Gasteiger partial charge in [0.2, 0.25) is 0 Å². The highest BCUT2D eigenvalue weighted by atomic mass is 35.5. The molecule has 0 amide bonds. The molecule has 0 aliphatic carbocycles. The van der Waals surface area contributed by atoms with Crippen molar-refractivity contribution in [3.05, 3.63) is 65.3 Å². The molecule has 0 spiro atoms. The van der Waals surface area contributed by atoms with Gasteiger partial charge in [-0.2, -0.15) is 0 Å². The normalized spacial score (nSPS) is 18.4. The summed E-state index contributed by atoms with van der Waals surface area (Å²) in [7, 11) is 1.69. The van der Waals surface area contributed by atoms with Gasteiger partial charge in [0.25, 0.3) is 0 Å². The van der Waals surface area contributed by atoms with Crippen LogP contribution in [0.2, 0.25) is 5.02 Å². The van der Waals surface area contributed by atoms with E-state index < -0.39 is 5.97 Å². The van der Waals surface area contributed by atoms with Crippen LogP contribution in [0.3, 0.4) is 0 Å². The summed E-state index contributed by atoms with van der Waals surface area (Å²) in [5, 5.41) is 11.2. The fourth-order valence-corrected chi connectivity index (χ4v) is 6.53. The number of aromatic nitrogens is 1. The lowest BCUT2D eigenvalue weighted by molar-refractivity contribution is -0.137. The number of carboxylic acids is 1. The second-order valence-electron chi connectivity index (χ2n) is 9.59. The summed E-state index contributed by atoms with van der Waals surface area (Å²) >= 11 is 7.94. The Bertz CT molecular complexity index is 1160. The van der Waals surface area contributed by atoms with Crippen molar-refractivity contribution >= 4 is 40.2 Å². The van der Waals surface area contributed by atoms with Crippen molar-refractivity contribution in [3.8, 4) is 5.75 Å². The number of hydrogen-bond donors (Lipinski definition) is 1. The summed E-state index contributed by atoms with van der Waals surface area (Å²) in [6.07, 6.45) is 7.25. The molecule has 2 aromatic carbocycles. The van der Waals surface area contributed by atoms with Crippen molar-refractivity contribution in [2.24, 2.45) is 11.8 Å². The molecular weight excluding hydrogens is 492 g/mol. The van der Waals surface area contributed by atoms with E-state index in [4.69, 9.17) is 16.3 Å². The third-order valence-corrected chi connectivity index (χ3v) is 8.45. The number of methoxy groups -OCH3 is 1. The number of likely N-dealkylation sites (tertiary alicyclic amines) is 1. The molecule has 1 aromatic heterocycles. The average Bonchev–Trinajstić information content (AvgIpc) is 2.88. The zero-order chi connectivity index (χ0) is 25.3. The maximum atomic E-state index is 11.3. The third kappa shape index (κ3) is 7.61. The highest BCUT2D eigenvalue weighted by Gasteiger charge is 2.29. The van der Waals surface area contributed by atoms with E-state index in [1.165, 1.54) is 10.5 Å². The number of nitrogens with zero attached hydrogens (tertiary/aromatic N) is 2. The molecule has 3 aromatic rings. The highest BCUT2D eigenvalue weighted by molar-refractivity contribution is 7.99. The molecule has 4 rings (SSSR count). The highest BCUT2D eigenvalue weighted by Crippen LogP contribution is 2.33. The molecule has 2 atom stereocenters. The van der Waals surface area contributed by atoms with Crippen molar-refractivity contribution in [3.63, 3.8) is 0 Å². The topological polar surface area (TPSA) is 62.7 Å². The summed E-state index contributed by atoms with van der Waals surface area (Å²) in [5.74, 6) is 2.17. The number of pyridine rings is 1. The molecular formula is C29H35ClN2O3S. The number of thioether (sulfide) groups is 1. The van der Waals surface area contributed by atoms with Crippen LogP contribution < -0.4 is 4.74 Å². The number of benzene rings is 2. The molecule has 1 saturated heterocycles. The van der Waals surface area contributed by atoms with Gasteiger partial charge >= 0.3 is 5.97 Å².